The van der Waals surface area contributed by atoms with Crippen LogP contribution in [0.3, 0.4) is 0 Å². The van der Waals surface area contributed by atoms with Gasteiger partial charge in [-0.2, -0.15) is 0 Å². The second-order valence-corrected chi connectivity index (χ2v) is 12.6. The standard InChI is InChI=1S/C34H37N5O3S/c1-24-13-9-11-19-36(24)29-23-30(37-20-12-10-14-25(37)2)31(39(41)42)21-26(29)22-32-33(40)38(28-17-7-4-8-18-28)34(43-32)35-27-15-5-3-6-16-27/h3-8,15-18,21-25H,9-14,19-20H2,1-2H3/b32-22-,35-34?/t24-,25-/m0/s1. The first kappa shape index (κ1) is 29.0. The summed E-state index contributed by atoms with van der Waals surface area (Å²) in [6.07, 6.45) is 8.30. The van der Waals surface area contributed by atoms with Crippen molar-refractivity contribution in [3.05, 3.63) is 93.4 Å². The molecular formula is C34H37N5O3S. The zero-order valence-corrected chi connectivity index (χ0v) is 25.5. The van der Waals surface area contributed by atoms with Crippen molar-refractivity contribution in [2.45, 2.75) is 64.5 Å². The molecule has 0 aliphatic carbocycles. The Labute approximate surface area is 257 Å². The molecule has 6 rings (SSSR count). The van der Waals surface area contributed by atoms with Gasteiger partial charge in [0.2, 0.25) is 0 Å². The highest BCUT2D eigenvalue weighted by atomic mass is 32.2. The van der Waals surface area contributed by atoms with E-state index in [0.717, 1.165) is 68.7 Å². The second-order valence-electron chi connectivity index (χ2n) is 11.5. The van der Waals surface area contributed by atoms with Crippen molar-refractivity contribution in [3.8, 4) is 0 Å². The normalized spacial score (nSPS) is 22.9. The van der Waals surface area contributed by atoms with Crippen LogP contribution in [0.1, 0.15) is 57.9 Å². The summed E-state index contributed by atoms with van der Waals surface area (Å²) >= 11 is 1.30. The Hall–Kier alpha value is -4.11. The van der Waals surface area contributed by atoms with Gasteiger partial charge in [-0.15, -0.1) is 0 Å². The van der Waals surface area contributed by atoms with Gasteiger partial charge in [-0.1, -0.05) is 36.4 Å². The van der Waals surface area contributed by atoms with E-state index < -0.39 is 0 Å². The molecular weight excluding hydrogens is 558 g/mol. The van der Waals surface area contributed by atoms with E-state index in [0.29, 0.717) is 27.4 Å². The Morgan fingerprint density at radius 1 is 0.860 bits per heavy atom. The highest BCUT2D eigenvalue weighted by Gasteiger charge is 2.36. The van der Waals surface area contributed by atoms with Gasteiger partial charge in [0.05, 0.1) is 21.2 Å². The fourth-order valence-corrected chi connectivity index (χ4v) is 7.33. The molecule has 3 aromatic carbocycles. The van der Waals surface area contributed by atoms with Crippen LogP contribution in [0.15, 0.2) is 82.7 Å². The molecule has 8 nitrogen and oxygen atoms in total. The molecule has 3 heterocycles. The lowest BCUT2D eigenvalue weighted by Gasteiger charge is -2.39. The van der Waals surface area contributed by atoms with Gasteiger partial charge in [-0.25, -0.2) is 4.99 Å². The predicted octanol–water partition coefficient (Wildman–Crippen LogP) is 8.16. The van der Waals surface area contributed by atoms with Gasteiger partial charge in [0.25, 0.3) is 11.6 Å². The predicted molar refractivity (Wildman–Crippen MR) is 177 cm³/mol. The lowest BCUT2D eigenvalue weighted by Crippen LogP contribution is -2.39. The molecule has 3 aliphatic rings. The number of hydrogen-bond acceptors (Lipinski definition) is 7. The van der Waals surface area contributed by atoms with Crippen LogP contribution in [0.5, 0.6) is 0 Å². The van der Waals surface area contributed by atoms with Crippen LogP contribution in [0.25, 0.3) is 6.08 Å². The minimum absolute atomic E-state index is 0.0857. The van der Waals surface area contributed by atoms with Crippen LogP contribution in [-0.2, 0) is 4.79 Å². The first-order valence-electron chi connectivity index (χ1n) is 15.2. The molecule has 43 heavy (non-hydrogen) atoms. The molecule has 3 aliphatic heterocycles. The summed E-state index contributed by atoms with van der Waals surface area (Å²) in [6, 6.07) is 23.3. The number of carbonyl (C=O) groups is 1. The molecule has 2 atom stereocenters. The number of piperidine rings is 2. The average Bonchev–Trinajstić information content (AvgIpc) is 3.32. The first-order valence-corrected chi connectivity index (χ1v) is 16.0. The molecule has 9 heteroatoms. The topological polar surface area (TPSA) is 82.3 Å². The van der Waals surface area contributed by atoms with Crippen LogP contribution >= 0.6 is 11.8 Å². The molecule has 1 amide bonds. The summed E-state index contributed by atoms with van der Waals surface area (Å²) in [6.45, 7) is 6.05. The SMILES string of the molecule is C[C@H]1CCCCN1c1cc(N2CCCC[C@@H]2C)c([N+](=O)[O-])cc1/C=C1\SC(=Nc2ccccc2)N(c2ccccc2)C1=O. The Morgan fingerprint density at radius 3 is 2.07 bits per heavy atom. The number of amidine groups is 1. The van der Waals surface area contributed by atoms with Gasteiger partial charge in [-0.3, -0.25) is 19.8 Å². The van der Waals surface area contributed by atoms with Crippen LogP contribution in [0.4, 0.5) is 28.4 Å². The van der Waals surface area contributed by atoms with Crippen molar-refractivity contribution >= 4 is 57.3 Å². The van der Waals surface area contributed by atoms with Crippen molar-refractivity contribution in [2.75, 3.05) is 27.8 Å². The largest absolute Gasteiger partial charge is 0.368 e. The molecule has 0 unspecified atom stereocenters. The molecule has 0 saturated carbocycles. The van der Waals surface area contributed by atoms with Gasteiger partial charge >= 0.3 is 0 Å². The number of para-hydroxylation sites is 2. The van der Waals surface area contributed by atoms with E-state index in [-0.39, 0.29) is 22.6 Å². The number of carbonyl (C=O) groups excluding carboxylic acids is 1. The Balaban J connectivity index is 1.49. The summed E-state index contributed by atoms with van der Waals surface area (Å²) < 4.78 is 0. The molecule has 0 bridgehead atoms. The van der Waals surface area contributed by atoms with E-state index in [2.05, 4.69) is 23.6 Å². The number of benzene rings is 3. The Kier molecular flexibility index (Phi) is 8.51. The third kappa shape index (κ3) is 6.04. The highest BCUT2D eigenvalue weighted by molar-refractivity contribution is 8.19. The molecule has 0 N–H and O–H groups in total. The van der Waals surface area contributed by atoms with Crippen molar-refractivity contribution in [3.63, 3.8) is 0 Å². The maximum absolute atomic E-state index is 14.0. The molecule has 0 aromatic heterocycles. The van der Waals surface area contributed by atoms with Crippen molar-refractivity contribution < 1.29 is 9.72 Å². The van der Waals surface area contributed by atoms with Crippen LogP contribution in [0, 0.1) is 10.1 Å². The smallest absolute Gasteiger partial charge is 0.293 e. The number of amides is 1. The fraction of sp³-hybridized carbons (Fsp3) is 0.353. The maximum atomic E-state index is 14.0. The number of anilines is 3. The number of hydrogen-bond donors (Lipinski definition) is 0. The second kappa shape index (κ2) is 12.6. The van der Waals surface area contributed by atoms with Gasteiger partial charge in [0.1, 0.15) is 5.69 Å². The summed E-state index contributed by atoms with van der Waals surface area (Å²) in [4.78, 5) is 37.8. The number of nitrogens with zero attached hydrogens (tertiary/aromatic N) is 5. The highest BCUT2D eigenvalue weighted by Crippen LogP contribution is 2.43. The number of thioether (sulfide) groups is 1. The lowest BCUT2D eigenvalue weighted by molar-refractivity contribution is -0.384. The number of aliphatic imine (C=N–C) groups is 1. The third-order valence-electron chi connectivity index (χ3n) is 8.63. The van der Waals surface area contributed by atoms with E-state index >= 15 is 0 Å². The first-order chi connectivity index (χ1) is 20.9. The monoisotopic (exact) mass is 595 g/mol. The van der Waals surface area contributed by atoms with Crippen LogP contribution in [-0.4, -0.2) is 41.2 Å². The van der Waals surface area contributed by atoms with Gasteiger partial charge in [0, 0.05) is 42.5 Å². The van der Waals surface area contributed by atoms with E-state index in [1.165, 1.54) is 11.8 Å². The molecule has 0 radical (unpaired) electrons. The number of nitro groups is 1. The van der Waals surface area contributed by atoms with E-state index in [1.807, 2.05) is 72.8 Å². The fourth-order valence-electron chi connectivity index (χ4n) is 6.34. The van der Waals surface area contributed by atoms with Crippen molar-refractivity contribution in [1.82, 2.24) is 0 Å². The zero-order valence-electron chi connectivity index (χ0n) is 24.7. The minimum Gasteiger partial charge on any atom is -0.368 e. The van der Waals surface area contributed by atoms with Crippen molar-refractivity contribution in [2.24, 2.45) is 4.99 Å². The Bertz CT molecular complexity index is 1560. The molecule has 0 spiro atoms. The molecule has 3 aromatic rings. The van der Waals surface area contributed by atoms with Gasteiger partial charge < -0.3 is 9.80 Å². The van der Waals surface area contributed by atoms with Crippen LogP contribution in [0.2, 0.25) is 0 Å². The average molecular weight is 596 g/mol. The van der Waals surface area contributed by atoms with Gasteiger partial charge in [0.15, 0.2) is 5.17 Å². The summed E-state index contributed by atoms with van der Waals surface area (Å²) in [7, 11) is 0. The van der Waals surface area contributed by atoms with Gasteiger partial charge in [-0.05, 0) is 101 Å². The van der Waals surface area contributed by atoms with Crippen molar-refractivity contribution in [1.29, 1.82) is 0 Å². The van der Waals surface area contributed by atoms with E-state index in [9.17, 15) is 14.9 Å². The lowest BCUT2D eigenvalue weighted by atomic mass is 9.98. The summed E-state index contributed by atoms with van der Waals surface area (Å²) in [5, 5.41) is 13.1. The Morgan fingerprint density at radius 2 is 1.47 bits per heavy atom. The quantitative estimate of drug-likeness (QED) is 0.162. The molecule has 3 fully saturated rings. The molecule has 222 valence electrons. The minimum atomic E-state index is -0.274. The zero-order chi connectivity index (χ0) is 29.9. The number of rotatable bonds is 6. The van der Waals surface area contributed by atoms with E-state index in [4.69, 9.17) is 4.99 Å². The summed E-state index contributed by atoms with van der Waals surface area (Å²) in [5.74, 6) is -0.195. The van der Waals surface area contributed by atoms with E-state index in [1.54, 1.807) is 11.0 Å². The van der Waals surface area contributed by atoms with Crippen LogP contribution < -0.4 is 14.7 Å². The molecule has 3 saturated heterocycles. The maximum Gasteiger partial charge on any atom is 0.293 e. The number of nitro benzene ring substituents is 1. The summed E-state index contributed by atoms with van der Waals surface area (Å²) in [5.41, 5.74) is 3.88. The third-order valence-corrected chi connectivity index (χ3v) is 9.60.